The van der Waals surface area contributed by atoms with E-state index in [0.29, 0.717) is 28.0 Å². The summed E-state index contributed by atoms with van der Waals surface area (Å²) in [7, 11) is 0. The molecule has 6 heteroatoms. The van der Waals surface area contributed by atoms with Crippen LogP contribution >= 0.6 is 0 Å². The number of nitrogens with zero attached hydrogens (tertiary/aromatic N) is 1. The summed E-state index contributed by atoms with van der Waals surface area (Å²) in [4.78, 5) is 39.1. The van der Waals surface area contributed by atoms with E-state index in [-0.39, 0.29) is 23.9 Å². The number of hydrogen-bond acceptors (Lipinski definition) is 4. The summed E-state index contributed by atoms with van der Waals surface area (Å²) in [6, 6.07) is 27.2. The molecule has 5 aromatic rings. The van der Waals surface area contributed by atoms with E-state index in [0.717, 1.165) is 10.8 Å². The second kappa shape index (κ2) is 9.27. The van der Waals surface area contributed by atoms with E-state index in [1.54, 1.807) is 47.9 Å². The lowest BCUT2D eigenvalue weighted by Gasteiger charge is -2.08. The molecule has 3 aromatic carbocycles. The average Bonchev–Trinajstić information content (AvgIpc) is 3.27. The summed E-state index contributed by atoms with van der Waals surface area (Å²) in [5.74, 6) is -1.11. The molecule has 0 atom stereocenters. The Hall–Kier alpha value is -4.71. The molecule has 172 valence electrons. The number of fused-ring (bicyclic) bond motifs is 2. The van der Waals surface area contributed by atoms with Gasteiger partial charge in [-0.05, 0) is 54.1 Å². The third kappa shape index (κ3) is 4.29. The Morgan fingerprint density at radius 3 is 2.31 bits per heavy atom. The van der Waals surface area contributed by atoms with E-state index in [2.05, 4.69) is 5.32 Å². The first kappa shape index (κ1) is 22.1. The number of nitrogens with one attached hydrogen (secondary N) is 1. The molecular weight excluding hydrogens is 440 g/mol. The van der Waals surface area contributed by atoms with E-state index in [4.69, 9.17) is 4.74 Å². The quantitative estimate of drug-likeness (QED) is 0.257. The third-order valence-corrected chi connectivity index (χ3v) is 5.80. The molecule has 0 saturated heterocycles. The highest BCUT2D eigenvalue weighted by Crippen LogP contribution is 2.24. The number of anilines is 1. The molecule has 0 radical (unpaired) electrons. The normalized spacial score (nSPS) is 10.9. The largest absolute Gasteiger partial charge is 0.462 e. The molecule has 0 spiro atoms. The number of carbonyl (C=O) groups excluding carboxylic acids is 3. The van der Waals surface area contributed by atoms with Crippen LogP contribution in [0.1, 0.15) is 43.7 Å². The zero-order valence-corrected chi connectivity index (χ0v) is 19.0. The van der Waals surface area contributed by atoms with Crippen LogP contribution in [0.2, 0.25) is 0 Å². The van der Waals surface area contributed by atoms with Crippen LogP contribution in [0.3, 0.4) is 0 Å². The van der Waals surface area contributed by atoms with E-state index < -0.39 is 5.97 Å². The standard InChI is InChI=1S/C29H22N2O4/c1-2-35-29(34)24-18-26(27(32)21-13-12-19-8-6-7-9-20(19)16-21)31-15-14-22(17-25(24)31)28(33)30-23-10-4-3-5-11-23/h3-18H,2H2,1H3,(H,30,33). The van der Waals surface area contributed by atoms with Crippen molar-refractivity contribution in [1.29, 1.82) is 0 Å². The van der Waals surface area contributed by atoms with Gasteiger partial charge in [-0.3, -0.25) is 9.59 Å². The molecule has 0 fully saturated rings. The number of aromatic nitrogens is 1. The SMILES string of the molecule is CCOC(=O)c1cc(C(=O)c2ccc3ccccc3c2)n2ccc(C(=O)Nc3ccccc3)cc12. The van der Waals surface area contributed by atoms with Crippen LogP contribution in [0.25, 0.3) is 16.3 Å². The van der Waals surface area contributed by atoms with Gasteiger partial charge in [0.25, 0.3) is 5.91 Å². The molecular formula is C29H22N2O4. The smallest absolute Gasteiger partial charge is 0.340 e. The minimum Gasteiger partial charge on any atom is -0.462 e. The van der Waals surface area contributed by atoms with Gasteiger partial charge in [0.1, 0.15) is 0 Å². The fourth-order valence-corrected chi connectivity index (χ4v) is 4.09. The summed E-state index contributed by atoms with van der Waals surface area (Å²) in [6.07, 6.45) is 1.63. The molecule has 0 aliphatic heterocycles. The lowest BCUT2D eigenvalue weighted by molar-refractivity contribution is 0.0528. The molecule has 35 heavy (non-hydrogen) atoms. The second-order valence-electron chi connectivity index (χ2n) is 8.05. The Morgan fingerprint density at radius 2 is 1.54 bits per heavy atom. The van der Waals surface area contributed by atoms with E-state index in [1.165, 1.54) is 6.07 Å². The average molecular weight is 463 g/mol. The number of ether oxygens (including phenoxy) is 1. The number of carbonyl (C=O) groups is 3. The van der Waals surface area contributed by atoms with Crippen molar-refractivity contribution in [2.24, 2.45) is 0 Å². The van der Waals surface area contributed by atoms with Crippen molar-refractivity contribution < 1.29 is 19.1 Å². The number of ketones is 1. The summed E-state index contributed by atoms with van der Waals surface area (Å²) in [6.45, 7) is 1.91. The van der Waals surface area contributed by atoms with Gasteiger partial charge in [-0.15, -0.1) is 0 Å². The lowest BCUT2D eigenvalue weighted by Crippen LogP contribution is -2.13. The highest BCUT2D eigenvalue weighted by Gasteiger charge is 2.23. The highest BCUT2D eigenvalue weighted by molar-refractivity contribution is 6.13. The van der Waals surface area contributed by atoms with Gasteiger partial charge in [-0.1, -0.05) is 54.6 Å². The van der Waals surface area contributed by atoms with Gasteiger partial charge in [0, 0.05) is 23.0 Å². The predicted octanol–water partition coefficient (Wildman–Crippen LogP) is 5.75. The molecule has 0 aliphatic rings. The van der Waals surface area contributed by atoms with Crippen LogP contribution in [-0.4, -0.2) is 28.7 Å². The first-order chi connectivity index (χ1) is 17.0. The van der Waals surface area contributed by atoms with E-state index in [9.17, 15) is 14.4 Å². The Labute approximate surface area is 201 Å². The summed E-state index contributed by atoms with van der Waals surface area (Å²) in [5, 5.41) is 4.82. The number of benzene rings is 3. The summed E-state index contributed by atoms with van der Waals surface area (Å²) >= 11 is 0. The Balaban J connectivity index is 1.57. The molecule has 0 aliphatic carbocycles. The van der Waals surface area contributed by atoms with Crippen LogP contribution in [0, 0.1) is 0 Å². The van der Waals surface area contributed by atoms with Crippen LogP contribution in [0.4, 0.5) is 5.69 Å². The molecule has 5 rings (SSSR count). The highest BCUT2D eigenvalue weighted by atomic mass is 16.5. The molecule has 2 aromatic heterocycles. The molecule has 0 saturated carbocycles. The molecule has 1 N–H and O–H groups in total. The number of hydrogen-bond donors (Lipinski definition) is 1. The van der Waals surface area contributed by atoms with Crippen LogP contribution < -0.4 is 5.32 Å². The van der Waals surface area contributed by atoms with Crippen molar-refractivity contribution in [2.45, 2.75) is 6.92 Å². The number of rotatable bonds is 6. The van der Waals surface area contributed by atoms with Crippen molar-refractivity contribution in [3.63, 3.8) is 0 Å². The Morgan fingerprint density at radius 1 is 0.800 bits per heavy atom. The Bertz CT molecular complexity index is 1580. The van der Waals surface area contributed by atoms with Gasteiger partial charge in [-0.25, -0.2) is 4.79 Å². The topological polar surface area (TPSA) is 76.9 Å². The maximum atomic E-state index is 13.5. The first-order valence-electron chi connectivity index (χ1n) is 11.3. The van der Waals surface area contributed by atoms with Crippen molar-refractivity contribution in [3.05, 3.63) is 120 Å². The maximum absolute atomic E-state index is 13.5. The lowest BCUT2D eigenvalue weighted by atomic mass is 10.0. The molecule has 0 bridgehead atoms. The van der Waals surface area contributed by atoms with Crippen LogP contribution in [0.5, 0.6) is 0 Å². The minimum atomic E-state index is -0.553. The van der Waals surface area contributed by atoms with Crippen LogP contribution in [0.15, 0.2) is 97.2 Å². The summed E-state index contributed by atoms with van der Waals surface area (Å²) in [5.41, 5.74) is 2.48. The van der Waals surface area contributed by atoms with Gasteiger partial charge >= 0.3 is 5.97 Å². The molecule has 2 heterocycles. The van der Waals surface area contributed by atoms with Gasteiger partial charge in [-0.2, -0.15) is 0 Å². The number of amides is 1. The zero-order chi connectivity index (χ0) is 24.4. The minimum absolute atomic E-state index is 0.193. The van der Waals surface area contributed by atoms with Gasteiger partial charge in [0.05, 0.1) is 23.4 Å². The van der Waals surface area contributed by atoms with Crippen molar-refractivity contribution in [3.8, 4) is 0 Å². The van der Waals surface area contributed by atoms with Gasteiger partial charge in [0.2, 0.25) is 5.78 Å². The summed E-state index contributed by atoms with van der Waals surface area (Å²) < 4.78 is 6.85. The second-order valence-corrected chi connectivity index (χ2v) is 8.05. The molecule has 1 amide bonds. The predicted molar refractivity (Wildman–Crippen MR) is 135 cm³/mol. The maximum Gasteiger partial charge on any atom is 0.340 e. The number of esters is 1. The zero-order valence-electron chi connectivity index (χ0n) is 19.0. The monoisotopic (exact) mass is 462 g/mol. The molecule has 0 unspecified atom stereocenters. The number of pyridine rings is 1. The van der Waals surface area contributed by atoms with E-state index in [1.807, 2.05) is 54.6 Å². The fourth-order valence-electron chi connectivity index (χ4n) is 4.09. The van der Waals surface area contributed by atoms with Crippen molar-refractivity contribution >= 4 is 39.6 Å². The van der Waals surface area contributed by atoms with Crippen molar-refractivity contribution in [2.75, 3.05) is 11.9 Å². The Kier molecular flexibility index (Phi) is 5.85. The first-order valence-corrected chi connectivity index (χ1v) is 11.3. The fraction of sp³-hybridized carbons (Fsp3) is 0.0690. The van der Waals surface area contributed by atoms with E-state index >= 15 is 0 Å². The molecule has 6 nitrogen and oxygen atoms in total. The van der Waals surface area contributed by atoms with Crippen LogP contribution in [-0.2, 0) is 4.74 Å². The number of para-hydroxylation sites is 1. The van der Waals surface area contributed by atoms with Gasteiger partial charge in [0.15, 0.2) is 0 Å². The third-order valence-electron chi connectivity index (χ3n) is 5.80. The van der Waals surface area contributed by atoms with Crippen molar-refractivity contribution in [1.82, 2.24) is 4.40 Å². The van der Waals surface area contributed by atoms with Gasteiger partial charge < -0.3 is 14.5 Å².